The predicted octanol–water partition coefficient (Wildman–Crippen LogP) is 4.10. The Hall–Kier alpha value is -3.07. The number of benzene rings is 1. The first kappa shape index (κ1) is 19.3. The molecule has 1 amide bonds. The molecule has 2 aromatic heterocycles. The van der Waals surface area contributed by atoms with Crippen LogP contribution in [0, 0.1) is 19.8 Å². The molecule has 0 bridgehead atoms. The zero-order valence-corrected chi connectivity index (χ0v) is 17.4. The summed E-state index contributed by atoms with van der Waals surface area (Å²) in [5.41, 5.74) is 2.69. The number of nitrogens with zero attached hydrogens (tertiary/aromatic N) is 3. The third-order valence-electron chi connectivity index (χ3n) is 4.59. The van der Waals surface area contributed by atoms with Crippen molar-refractivity contribution in [2.45, 2.75) is 36.7 Å². The molecule has 0 saturated heterocycles. The minimum Gasteiger partial charge on any atom is -0.373 e. The number of hydrogen-bond donors (Lipinski definition) is 4. The standard InChI is InChI=1S/C20H23N7OS/c1-11-10-16(27-26-11)23-18-12(2)17(21-3)24-20(25-18)29-15-8-6-14(7-9-15)22-19(28)13-4-5-13/h6-10,13H,4-5H2,1-3H3,(H,22,28)(H3,21,23,24,25,26,27). The Morgan fingerprint density at radius 2 is 1.86 bits per heavy atom. The Kier molecular flexibility index (Phi) is 5.39. The number of nitrogens with one attached hydrogen (secondary N) is 4. The molecule has 1 saturated carbocycles. The van der Waals surface area contributed by atoms with Gasteiger partial charge in [0.2, 0.25) is 5.91 Å². The summed E-state index contributed by atoms with van der Waals surface area (Å²) >= 11 is 1.46. The number of rotatable bonds is 7. The van der Waals surface area contributed by atoms with Gasteiger partial charge in [-0.05, 0) is 62.7 Å². The number of aromatic amines is 1. The predicted molar refractivity (Wildman–Crippen MR) is 115 cm³/mol. The molecule has 1 fully saturated rings. The molecule has 4 N–H and O–H groups in total. The van der Waals surface area contributed by atoms with Gasteiger partial charge in [0.1, 0.15) is 11.6 Å². The average Bonchev–Trinajstić information content (AvgIpc) is 3.48. The third kappa shape index (κ3) is 4.68. The first-order valence-electron chi connectivity index (χ1n) is 9.46. The van der Waals surface area contributed by atoms with Crippen LogP contribution in [0.1, 0.15) is 24.1 Å². The lowest BCUT2D eigenvalue weighted by molar-refractivity contribution is -0.117. The van der Waals surface area contributed by atoms with Gasteiger partial charge in [0, 0.05) is 40.9 Å². The summed E-state index contributed by atoms with van der Waals surface area (Å²) in [5.74, 6) is 2.46. The van der Waals surface area contributed by atoms with Crippen molar-refractivity contribution >= 4 is 40.8 Å². The average molecular weight is 410 g/mol. The molecule has 0 aliphatic heterocycles. The van der Waals surface area contributed by atoms with Crippen LogP contribution in [0.25, 0.3) is 0 Å². The van der Waals surface area contributed by atoms with E-state index in [0.29, 0.717) is 16.8 Å². The summed E-state index contributed by atoms with van der Waals surface area (Å²) in [6.45, 7) is 3.90. The number of carbonyl (C=O) groups excluding carboxylic acids is 1. The summed E-state index contributed by atoms with van der Waals surface area (Å²) in [6.07, 6.45) is 1.99. The maximum Gasteiger partial charge on any atom is 0.227 e. The van der Waals surface area contributed by atoms with Gasteiger partial charge in [-0.25, -0.2) is 9.97 Å². The lowest BCUT2D eigenvalue weighted by Gasteiger charge is -2.12. The molecule has 0 spiro atoms. The number of hydrogen-bond acceptors (Lipinski definition) is 7. The zero-order chi connectivity index (χ0) is 20.4. The van der Waals surface area contributed by atoms with Crippen molar-refractivity contribution in [1.82, 2.24) is 20.2 Å². The fraction of sp³-hybridized carbons (Fsp3) is 0.300. The van der Waals surface area contributed by atoms with Gasteiger partial charge in [-0.15, -0.1) is 0 Å². The monoisotopic (exact) mass is 409 g/mol. The van der Waals surface area contributed by atoms with Crippen molar-refractivity contribution in [2.24, 2.45) is 5.92 Å². The second-order valence-corrected chi connectivity index (χ2v) is 8.07. The van der Waals surface area contributed by atoms with Crippen LogP contribution in [0.3, 0.4) is 0 Å². The molecule has 1 aliphatic rings. The molecule has 150 valence electrons. The van der Waals surface area contributed by atoms with Gasteiger partial charge in [-0.2, -0.15) is 5.10 Å². The molecular weight excluding hydrogens is 386 g/mol. The fourth-order valence-electron chi connectivity index (χ4n) is 2.81. The van der Waals surface area contributed by atoms with Crippen LogP contribution in [0.15, 0.2) is 40.4 Å². The van der Waals surface area contributed by atoms with E-state index in [0.717, 1.165) is 40.5 Å². The lowest BCUT2D eigenvalue weighted by atomic mass is 10.3. The van der Waals surface area contributed by atoms with Crippen molar-refractivity contribution in [3.05, 3.63) is 41.6 Å². The number of carbonyl (C=O) groups is 1. The van der Waals surface area contributed by atoms with E-state index in [2.05, 4.69) is 36.1 Å². The minimum absolute atomic E-state index is 0.107. The normalized spacial score (nSPS) is 13.2. The van der Waals surface area contributed by atoms with Gasteiger partial charge >= 0.3 is 0 Å². The van der Waals surface area contributed by atoms with E-state index in [4.69, 9.17) is 0 Å². The fourth-order valence-corrected chi connectivity index (χ4v) is 3.57. The smallest absolute Gasteiger partial charge is 0.227 e. The van der Waals surface area contributed by atoms with Gasteiger partial charge in [0.05, 0.1) is 0 Å². The quantitative estimate of drug-likeness (QED) is 0.435. The van der Waals surface area contributed by atoms with E-state index >= 15 is 0 Å². The molecule has 4 rings (SSSR count). The SMILES string of the molecule is CNc1nc(Sc2ccc(NC(=O)C3CC3)cc2)nc(Nc2cc(C)[nH]n2)c1C. The van der Waals surface area contributed by atoms with E-state index < -0.39 is 0 Å². The maximum atomic E-state index is 11.9. The second kappa shape index (κ2) is 8.12. The van der Waals surface area contributed by atoms with Crippen molar-refractivity contribution in [3.8, 4) is 0 Å². The molecule has 0 radical (unpaired) electrons. The molecule has 9 heteroatoms. The molecule has 8 nitrogen and oxygen atoms in total. The second-order valence-electron chi connectivity index (χ2n) is 7.03. The van der Waals surface area contributed by atoms with E-state index in [-0.39, 0.29) is 11.8 Å². The Morgan fingerprint density at radius 3 is 2.48 bits per heavy atom. The molecule has 0 atom stereocenters. The summed E-state index contributed by atoms with van der Waals surface area (Å²) in [5, 5.41) is 17.1. The Balaban J connectivity index is 1.51. The summed E-state index contributed by atoms with van der Waals surface area (Å²) < 4.78 is 0. The molecule has 1 aromatic carbocycles. The number of anilines is 4. The van der Waals surface area contributed by atoms with Gasteiger partial charge in [0.25, 0.3) is 0 Å². The van der Waals surface area contributed by atoms with Crippen LogP contribution in [-0.4, -0.2) is 33.1 Å². The Labute approximate surface area is 173 Å². The van der Waals surface area contributed by atoms with Crippen molar-refractivity contribution in [1.29, 1.82) is 0 Å². The molecule has 3 aromatic rings. The highest BCUT2D eigenvalue weighted by molar-refractivity contribution is 7.99. The van der Waals surface area contributed by atoms with Crippen LogP contribution < -0.4 is 16.0 Å². The lowest BCUT2D eigenvalue weighted by Crippen LogP contribution is -2.12. The van der Waals surface area contributed by atoms with Crippen molar-refractivity contribution in [3.63, 3.8) is 0 Å². The largest absolute Gasteiger partial charge is 0.373 e. The Bertz CT molecular complexity index is 1030. The summed E-state index contributed by atoms with van der Waals surface area (Å²) in [7, 11) is 1.84. The van der Waals surface area contributed by atoms with Crippen LogP contribution >= 0.6 is 11.8 Å². The Morgan fingerprint density at radius 1 is 1.14 bits per heavy atom. The summed E-state index contributed by atoms with van der Waals surface area (Å²) in [6, 6.07) is 9.64. The van der Waals surface area contributed by atoms with Crippen LogP contribution in [0.2, 0.25) is 0 Å². The third-order valence-corrected chi connectivity index (χ3v) is 5.47. The van der Waals surface area contributed by atoms with E-state index in [1.165, 1.54) is 11.8 Å². The van der Waals surface area contributed by atoms with Gasteiger partial charge < -0.3 is 16.0 Å². The topological polar surface area (TPSA) is 108 Å². The molecule has 29 heavy (non-hydrogen) atoms. The van der Waals surface area contributed by atoms with Crippen molar-refractivity contribution < 1.29 is 4.79 Å². The van der Waals surface area contributed by atoms with Gasteiger partial charge in [0.15, 0.2) is 11.0 Å². The van der Waals surface area contributed by atoms with Crippen LogP contribution in [0.5, 0.6) is 0 Å². The minimum atomic E-state index is 0.107. The number of H-pyrrole nitrogens is 1. The van der Waals surface area contributed by atoms with Crippen LogP contribution in [-0.2, 0) is 4.79 Å². The number of amides is 1. The van der Waals surface area contributed by atoms with Crippen molar-refractivity contribution in [2.75, 3.05) is 23.0 Å². The highest BCUT2D eigenvalue weighted by atomic mass is 32.2. The van der Waals surface area contributed by atoms with Crippen LogP contribution in [0.4, 0.5) is 23.1 Å². The molecule has 0 unspecified atom stereocenters. The molecular formula is C20H23N7OS. The van der Waals surface area contributed by atoms with Gasteiger partial charge in [-0.3, -0.25) is 9.89 Å². The molecule has 1 aliphatic carbocycles. The zero-order valence-electron chi connectivity index (χ0n) is 16.5. The van der Waals surface area contributed by atoms with E-state index in [1.54, 1.807) is 0 Å². The maximum absolute atomic E-state index is 11.9. The molecule has 2 heterocycles. The number of aromatic nitrogens is 4. The summed E-state index contributed by atoms with van der Waals surface area (Å²) in [4.78, 5) is 22.1. The van der Waals surface area contributed by atoms with E-state index in [9.17, 15) is 4.79 Å². The highest BCUT2D eigenvalue weighted by Gasteiger charge is 2.29. The van der Waals surface area contributed by atoms with Gasteiger partial charge in [-0.1, -0.05) is 0 Å². The highest BCUT2D eigenvalue weighted by Crippen LogP contribution is 2.32. The number of aryl methyl sites for hydroxylation is 1. The first-order valence-corrected chi connectivity index (χ1v) is 10.3. The van der Waals surface area contributed by atoms with E-state index in [1.807, 2.05) is 51.2 Å². The first-order chi connectivity index (χ1) is 14.0.